The van der Waals surface area contributed by atoms with Crippen LogP contribution in [-0.2, 0) is 49.4 Å². The van der Waals surface area contributed by atoms with Gasteiger partial charge < -0.3 is 49.4 Å². The fourth-order valence-electron chi connectivity index (χ4n) is 8.26. The molecular formula is C42H36O12Si8. The van der Waals surface area contributed by atoms with E-state index in [9.17, 15) is 0 Å². The zero-order valence-corrected chi connectivity index (χ0v) is 40.8. The lowest BCUT2D eigenvalue weighted by Gasteiger charge is -2.61. The average molecular weight is 957 g/mol. The summed E-state index contributed by atoms with van der Waals surface area (Å²) in [6.45, 7) is 0. The summed E-state index contributed by atoms with van der Waals surface area (Å²) >= 11 is 0. The van der Waals surface area contributed by atoms with E-state index in [-0.39, 0.29) is 0 Å². The molecule has 0 radical (unpaired) electrons. The first-order valence-corrected chi connectivity index (χ1v) is 33.6. The van der Waals surface area contributed by atoms with Crippen LogP contribution in [0, 0.1) is 0 Å². The molecule has 308 valence electrons. The molecule has 0 aliphatic carbocycles. The van der Waals surface area contributed by atoms with E-state index < -0.39 is 71.2 Å². The summed E-state index contributed by atoms with van der Waals surface area (Å²) in [4.78, 5) is 0. The van der Waals surface area contributed by atoms with Crippen LogP contribution in [0.2, 0.25) is 0 Å². The monoisotopic (exact) mass is 956 g/mol. The maximum absolute atomic E-state index is 7.97. The molecule has 6 aliphatic rings. The summed E-state index contributed by atoms with van der Waals surface area (Å²) in [6, 6.07) is 67.1. The fraction of sp³-hybridized carbons (Fsp3) is 0. The van der Waals surface area contributed by atoms with E-state index in [1.54, 1.807) is 0 Å². The molecule has 0 amide bonds. The van der Waals surface area contributed by atoms with Crippen LogP contribution in [0.1, 0.15) is 0 Å². The lowest BCUT2D eigenvalue weighted by Crippen LogP contribution is -2.94. The maximum atomic E-state index is 7.97. The Morgan fingerprint density at radius 2 is 0.339 bits per heavy atom. The fourth-order valence-corrected chi connectivity index (χ4v) is 52.1. The van der Waals surface area contributed by atoms with E-state index in [1.807, 2.05) is 212 Å². The minimum absolute atomic E-state index is 0.584. The average Bonchev–Trinajstić information content (AvgIpc) is 3.30. The Balaban J connectivity index is 1.27. The van der Waals surface area contributed by atoms with Crippen molar-refractivity contribution in [3.63, 3.8) is 0 Å². The second kappa shape index (κ2) is 14.9. The highest BCUT2D eigenvalue weighted by molar-refractivity contribution is 7.12. The van der Waals surface area contributed by atoms with Crippen molar-refractivity contribution in [1.82, 2.24) is 0 Å². The van der Waals surface area contributed by atoms with Gasteiger partial charge in [-0.1, -0.05) is 212 Å². The highest BCUT2D eigenvalue weighted by atomic mass is 28.6. The highest BCUT2D eigenvalue weighted by Crippen LogP contribution is 2.46. The van der Waals surface area contributed by atoms with Gasteiger partial charge in [-0.25, -0.2) is 0 Å². The molecule has 0 saturated carbocycles. The Hall–Kier alpha value is -4.20. The quantitative estimate of drug-likeness (QED) is 0.218. The molecular weight excluding hydrogens is 921 g/mol. The van der Waals surface area contributed by atoms with Gasteiger partial charge in [-0.05, 0) is 0 Å². The Kier molecular flexibility index (Phi) is 9.49. The molecule has 62 heavy (non-hydrogen) atoms. The summed E-state index contributed by atoms with van der Waals surface area (Å²) in [5.74, 6) is 0. The van der Waals surface area contributed by atoms with E-state index >= 15 is 0 Å². The van der Waals surface area contributed by atoms with Gasteiger partial charge in [0.1, 0.15) is 0 Å². The van der Waals surface area contributed by atoms with Gasteiger partial charge in [-0.15, -0.1) is 0 Å². The summed E-state index contributed by atoms with van der Waals surface area (Å²) in [7, 11) is -35.6. The van der Waals surface area contributed by atoms with Gasteiger partial charge in [-0.3, -0.25) is 0 Å². The van der Waals surface area contributed by atoms with Crippen LogP contribution in [0.4, 0.5) is 0 Å². The van der Waals surface area contributed by atoms with Crippen LogP contribution in [0.15, 0.2) is 212 Å². The van der Waals surface area contributed by atoms with Crippen molar-refractivity contribution in [3.05, 3.63) is 212 Å². The van der Waals surface area contributed by atoms with E-state index in [2.05, 4.69) is 0 Å². The summed E-state index contributed by atoms with van der Waals surface area (Å²) in [5.41, 5.74) is 0. The predicted octanol–water partition coefficient (Wildman–Crippen LogP) is 1.89. The number of benzene rings is 7. The number of hydrogen-bond acceptors (Lipinski definition) is 12. The molecule has 6 fully saturated rings. The van der Waals surface area contributed by atoms with E-state index in [0.29, 0.717) is 36.3 Å². The molecule has 7 aromatic rings. The van der Waals surface area contributed by atoms with Crippen LogP contribution < -0.4 is 36.3 Å². The van der Waals surface area contributed by atoms with Crippen LogP contribution in [-0.4, -0.2) is 71.2 Å². The molecule has 0 unspecified atom stereocenters. The summed E-state index contributed by atoms with van der Waals surface area (Å²) in [6.07, 6.45) is 0. The van der Waals surface area contributed by atoms with E-state index in [0.717, 1.165) is 0 Å². The minimum Gasteiger partial charge on any atom is -0.372 e. The van der Waals surface area contributed by atoms with Gasteiger partial charge in [0.05, 0.1) is 0 Å². The van der Waals surface area contributed by atoms with Gasteiger partial charge >= 0.3 is 71.2 Å². The first-order chi connectivity index (χ1) is 30.4. The Morgan fingerprint density at radius 3 is 0.516 bits per heavy atom. The standard InChI is InChI=1S/C42H36O12Si8/c1-8-22-36(23-9-1)56-43-55-44-57(37-24-10-2-11-25-37)48-59(46-56,39-28-14-4-15-29-39)52-62(42-34-20-7-21-35-42)53-60(47-56,40-30-16-5-17-31-40)49-58(45-55,38-26-12-3-13-27-38)51-61(50-57,54-62)41-32-18-6-19-33-41/h1-35,55H. The van der Waals surface area contributed by atoms with Gasteiger partial charge in [0, 0.05) is 36.3 Å². The minimum atomic E-state index is -4.65. The molecule has 20 heteroatoms. The second-order valence-corrected chi connectivity index (χ2v) is 37.6. The summed E-state index contributed by atoms with van der Waals surface area (Å²) < 4.78 is 93.6. The smallest absolute Gasteiger partial charge is 0.372 e. The normalized spacial score (nSPS) is 34.6. The summed E-state index contributed by atoms with van der Waals surface area (Å²) in [5, 5.41) is 4.16. The lowest BCUT2D eigenvalue weighted by molar-refractivity contribution is 0.00214. The van der Waals surface area contributed by atoms with Crippen molar-refractivity contribution in [2.45, 2.75) is 0 Å². The third kappa shape index (κ3) is 6.32. The van der Waals surface area contributed by atoms with Gasteiger partial charge in [-0.2, -0.15) is 0 Å². The molecule has 13 rings (SSSR count). The second-order valence-electron chi connectivity index (χ2n) is 15.0. The van der Waals surface area contributed by atoms with Crippen molar-refractivity contribution in [1.29, 1.82) is 0 Å². The third-order valence-corrected chi connectivity index (χ3v) is 43.7. The SMILES string of the molecule is c1ccc([Si]23O[SiH]4O[Si]5(c6ccccc6)O[Si](c6ccccc6)(O2)O[Si]2(c6ccccc6)O[Si](c6ccccc6)(O3)O[Si](c3ccccc3)(O4)O[Si](c3ccccc3)(O5)O2)cc1. The highest BCUT2D eigenvalue weighted by Gasteiger charge is 2.83. The van der Waals surface area contributed by atoms with Crippen molar-refractivity contribution in [2.24, 2.45) is 0 Å². The van der Waals surface area contributed by atoms with Crippen LogP contribution >= 0.6 is 0 Å². The Bertz CT molecular complexity index is 2420. The van der Waals surface area contributed by atoms with Crippen molar-refractivity contribution in [3.8, 4) is 0 Å². The molecule has 0 atom stereocenters. The van der Waals surface area contributed by atoms with Crippen molar-refractivity contribution in [2.75, 3.05) is 0 Å². The first kappa shape index (κ1) is 39.4. The maximum Gasteiger partial charge on any atom is 0.515 e. The molecule has 8 bridgehead atoms. The lowest BCUT2D eigenvalue weighted by atomic mass is 10.4. The molecule has 0 aromatic heterocycles. The first-order valence-electron chi connectivity index (χ1n) is 20.1. The number of rotatable bonds is 7. The van der Waals surface area contributed by atoms with Crippen molar-refractivity contribution < 1.29 is 49.4 Å². The van der Waals surface area contributed by atoms with Crippen LogP contribution in [0.25, 0.3) is 0 Å². The van der Waals surface area contributed by atoms with Gasteiger partial charge in [0.2, 0.25) is 0 Å². The molecule has 6 aliphatic heterocycles. The van der Waals surface area contributed by atoms with E-state index in [4.69, 9.17) is 49.4 Å². The van der Waals surface area contributed by atoms with E-state index in [1.165, 1.54) is 0 Å². The molecule has 0 N–H and O–H groups in total. The zero-order chi connectivity index (χ0) is 41.4. The largest absolute Gasteiger partial charge is 0.515 e. The van der Waals surface area contributed by atoms with Crippen molar-refractivity contribution >= 4 is 107 Å². The van der Waals surface area contributed by atoms with Gasteiger partial charge in [0.15, 0.2) is 0 Å². The zero-order valence-electron chi connectivity index (χ0n) is 32.7. The number of hydrogen-bond donors (Lipinski definition) is 0. The van der Waals surface area contributed by atoms with Gasteiger partial charge in [0.25, 0.3) is 0 Å². The Labute approximate surface area is 367 Å². The van der Waals surface area contributed by atoms with Crippen LogP contribution in [0.5, 0.6) is 0 Å². The predicted molar refractivity (Wildman–Crippen MR) is 243 cm³/mol. The van der Waals surface area contributed by atoms with Crippen LogP contribution in [0.3, 0.4) is 0 Å². The third-order valence-electron chi connectivity index (χ3n) is 11.1. The molecule has 12 nitrogen and oxygen atoms in total. The molecule has 6 heterocycles. The molecule has 0 spiro atoms. The molecule has 6 saturated heterocycles. The Morgan fingerprint density at radius 1 is 0.194 bits per heavy atom. The topological polar surface area (TPSA) is 111 Å². The molecule has 7 aromatic carbocycles.